The molecule has 0 saturated carbocycles. The molecule has 0 unspecified atom stereocenters. The van der Waals surface area contributed by atoms with Crippen molar-refractivity contribution in [3.8, 4) is 0 Å². The number of ether oxygens (including phenoxy) is 1. The molecule has 190 valence electrons. The first-order valence-electron chi connectivity index (χ1n) is 13.0. The number of likely N-dealkylation sites (N-methyl/N-ethyl adjacent to an activating group) is 1. The van der Waals surface area contributed by atoms with Gasteiger partial charge in [0, 0.05) is 38.8 Å². The van der Waals surface area contributed by atoms with Crippen LogP contribution in [-0.2, 0) is 11.3 Å². The SMILES string of the molecule is CC(C)CO[C@@H]1CCN(C(=O)NCc2ccccc2)CC[C@H]1N(C)C[C@H](C)/C=C/c1ccccc1. The number of urea groups is 1. The number of amides is 2. The molecule has 1 N–H and O–H groups in total. The second-order valence-corrected chi connectivity index (χ2v) is 10.2. The van der Waals surface area contributed by atoms with Crippen molar-refractivity contribution >= 4 is 12.1 Å². The Kier molecular flexibility index (Phi) is 10.8. The molecule has 0 bridgehead atoms. The molecule has 3 atom stereocenters. The Labute approximate surface area is 212 Å². The third-order valence-electron chi connectivity index (χ3n) is 6.58. The van der Waals surface area contributed by atoms with Crippen LogP contribution in [0.15, 0.2) is 66.7 Å². The van der Waals surface area contributed by atoms with Crippen LogP contribution in [0.1, 0.15) is 44.7 Å². The van der Waals surface area contributed by atoms with Crippen LogP contribution in [0.4, 0.5) is 4.79 Å². The molecule has 2 aromatic rings. The van der Waals surface area contributed by atoms with Crippen LogP contribution < -0.4 is 5.32 Å². The van der Waals surface area contributed by atoms with E-state index in [9.17, 15) is 4.79 Å². The Balaban J connectivity index is 1.59. The zero-order valence-electron chi connectivity index (χ0n) is 21.9. The maximum Gasteiger partial charge on any atom is 0.317 e. The van der Waals surface area contributed by atoms with Gasteiger partial charge >= 0.3 is 6.03 Å². The van der Waals surface area contributed by atoms with Crippen LogP contribution >= 0.6 is 0 Å². The molecule has 1 aliphatic heterocycles. The lowest BCUT2D eigenvalue weighted by molar-refractivity contribution is -0.0219. The Bertz CT molecular complexity index is 900. The lowest BCUT2D eigenvalue weighted by Crippen LogP contribution is -2.44. The summed E-state index contributed by atoms with van der Waals surface area (Å²) in [7, 11) is 2.20. The molecule has 5 nitrogen and oxygen atoms in total. The molecule has 1 fully saturated rings. The Hall–Kier alpha value is -2.63. The number of hydrogen-bond donors (Lipinski definition) is 1. The maximum absolute atomic E-state index is 12.9. The largest absolute Gasteiger partial charge is 0.376 e. The van der Waals surface area contributed by atoms with Crippen molar-refractivity contribution in [2.24, 2.45) is 11.8 Å². The molecule has 1 saturated heterocycles. The van der Waals surface area contributed by atoms with E-state index in [2.05, 4.69) is 74.5 Å². The van der Waals surface area contributed by atoms with Crippen molar-refractivity contribution in [3.63, 3.8) is 0 Å². The molecule has 0 radical (unpaired) electrons. The molecule has 35 heavy (non-hydrogen) atoms. The number of nitrogens with zero attached hydrogens (tertiary/aromatic N) is 2. The third-order valence-corrected chi connectivity index (χ3v) is 6.58. The number of likely N-dealkylation sites (tertiary alicyclic amines) is 1. The average molecular weight is 478 g/mol. The number of nitrogens with one attached hydrogen (secondary N) is 1. The first-order chi connectivity index (χ1) is 16.9. The standard InChI is InChI=1S/C30H43N3O2/c1-24(2)23-35-29-18-20-33(30(34)31-21-27-13-9-6-10-14-27)19-17-28(29)32(4)22-25(3)15-16-26-11-7-5-8-12-26/h5-16,24-25,28-29H,17-23H2,1-4H3,(H,31,34)/b16-15+/t25-,28-,29-/m1/s1. The maximum atomic E-state index is 12.9. The quantitative estimate of drug-likeness (QED) is 0.479. The molecule has 0 spiro atoms. The van der Waals surface area contributed by atoms with Gasteiger partial charge in [-0.1, -0.05) is 93.6 Å². The van der Waals surface area contributed by atoms with E-state index in [0.29, 0.717) is 18.4 Å². The minimum Gasteiger partial charge on any atom is -0.376 e. The highest BCUT2D eigenvalue weighted by Gasteiger charge is 2.32. The first-order valence-corrected chi connectivity index (χ1v) is 13.0. The van der Waals surface area contributed by atoms with E-state index in [1.807, 2.05) is 41.3 Å². The topological polar surface area (TPSA) is 44.8 Å². The minimum atomic E-state index is 0.0129. The molecule has 2 aromatic carbocycles. The van der Waals surface area contributed by atoms with Crippen molar-refractivity contribution < 1.29 is 9.53 Å². The molecule has 0 aliphatic carbocycles. The highest BCUT2D eigenvalue weighted by atomic mass is 16.5. The van der Waals surface area contributed by atoms with Crippen LogP contribution in [0.2, 0.25) is 0 Å². The fraction of sp³-hybridized carbons (Fsp3) is 0.500. The van der Waals surface area contributed by atoms with Gasteiger partial charge in [-0.15, -0.1) is 0 Å². The second kappa shape index (κ2) is 14.1. The predicted octanol–water partition coefficient (Wildman–Crippen LogP) is 5.68. The van der Waals surface area contributed by atoms with E-state index < -0.39 is 0 Å². The van der Waals surface area contributed by atoms with Crippen LogP contribution in [0.25, 0.3) is 6.08 Å². The zero-order valence-corrected chi connectivity index (χ0v) is 21.9. The van der Waals surface area contributed by atoms with Gasteiger partial charge in [0.25, 0.3) is 0 Å². The Morgan fingerprint density at radius 1 is 1.06 bits per heavy atom. The van der Waals surface area contributed by atoms with Crippen molar-refractivity contribution in [2.75, 3.05) is 33.3 Å². The summed E-state index contributed by atoms with van der Waals surface area (Å²) in [4.78, 5) is 17.3. The van der Waals surface area contributed by atoms with E-state index in [0.717, 1.165) is 44.6 Å². The van der Waals surface area contributed by atoms with Crippen LogP contribution in [0.3, 0.4) is 0 Å². The zero-order chi connectivity index (χ0) is 25.0. The van der Waals surface area contributed by atoms with Gasteiger partial charge in [-0.25, -0.2) is 4.79 Å². The molecular weight excluding hydrogens is 434 g/mol. The fourth-order valence-corrected chi connectivity index (χ4v) is 4.65. The summed E-state index contributed by atoms with van der Waals surface area (Å²) in [5.41, 5.74) is 2.34. The number of benzene rings is 2. The van der Waals surface area contributed by atoms with Gasteiger partial charge < -0.3 is 19.9 Å². The molecule has 0 aromatic heterocycles. The number of carbonyl (C=O) groups is 1. The summed E-state index contributed by atoms with van der Waals surface area (Å²) >= 11 is 0. The average Bonchev–Trinajstić information content (AvgIpc) is 3.09. The van der Waals surface area contributed by atoms with E-state index in [4.69, 9.17) is 4.74 Å². The number of carbonyl (C=O) groups excluding carboxylic acids is 1. The predicted molar refractivity (Wildman–Crippen MR) is 145 cm³/mol. The van der Waals surface area contributed by atoms with E-state index in [-0.39, 0.29) is 18.2 Å². The van der Waals surface area contributed by atoms with E-state index >= 15 is 0 Å². The summed E-state index contributed by atoms with van der Waals surface area (Å²) < 4.78 is 6.41. The summed E-state index contributed by atoms with van der Waals surface area (Å²) in [5.74, 6) is 0.904. The summed E-state index contributed by atoms with van der Waals surface area (Å²) in [6, 6.07) is 20.8. The Morgan fingerprint density at radius 3 is 2.40 bits per heavy atom. The summed E-state index contributed by atoms with van der Waals surface area (Å²) in [5, 5.41) is 3.09. The fourth-order valence-electron chi connectivity index (χ4n) is 4.65. The van der Waals surface area contributed by atoms with Gasteiger partial charge in [0.05, 0.1) is 6.10 Å². The van der Waals surface area contributed by atoms with Crippen LogP contribution in [-0.4, -0.2) is 61.3 Å². The van der Waals surface area contributed by atoms with Crippen LogP contribution in [0.5, 0.6) is 0 Å². The van der Waals surface area contributed by atoms with Gasteiger partial charge in [0.2, 0.25) is 0 Å². The smallest absolute Gasteiger partial charge is 0.317 e. The van der Waals surface area contributed by atoms with Crippen molar-refractivity contribution in [1.82, 2.24) is 15.1 Å². The number of rotatable bonds is 10. The first kappa shape index (κ1) is 27.0. The van der Waals surface area contributed by atoms with Gasteiger partial charge in [-0.05, 0) is 42.9 Å². The minimum absolute atomic E-state index is 0.0129. The highest BCUT2D eigenvalue weighted by molar-refractivity contribution is 5.74. The van der Waals surface area contributed by atoms with Crippen molar-refractivity contribution in [1.29, 1.82) is 0 Å². The Morgan fingerprint density at radius 2 is 1.71 bits per heavy atom. The van der Waals surface area contributed by atoms with Gasteiger partial charge in [0.15, 0.2) is 0 Å². The monoisotopic (exact) mass is 477 g/mol. The second-order valence-electron chi connectivity index (χ2n) is 10.2. The van der Waals surface area contributed by atoms with Crippen molar-refractivity contribution in [3.05, 3.63) is 77.9 Å². The summed E-state index contributed by atoms with van der Waals surface area (Å²) in [6.07, 6.45) is 6.38. The van der Waals surface area contributed by atoms with E-state index in [1.165, 1.54) is 5.56 Å². The lowest BCUT2D eigenvalue weighted by atomic mass is 10.0. The molecule has 1 aliphatic rings. The molecule has 3 rings (SSSR count). The molecular formula is C30H43N3O2. The highest BCUT2D eigenvalue weighted by Crippen LogP contribution is 2.22. The van der Waals surface area contributed by atoms with Gasteiger partial charge in [0.1, 0.15) is 0 Å². The molecule has 2 amide bonds. The molecule has 5 heteroatoms. The normalized spacial score (nSPS) is 19.8. The van der Waals surface area contributed by atoms with Gasteiger partial charge in [-0.2, -0.15) is 0 Å². The van der Waals surface area contributed by atoms with E-state index in [1.54, 1.807) is 0 Å². The summed E-state index contributed by atoms with van der Waals surface area (Å²) in [6.45, 7) is 10.4. The third kappa shape index (κ3) is 9.15. The van der Waals surface area contributed by atoms with Gasteiger partial charge in [-0.3, -0.25) is 0 Å². The molecule has 1 heterocycles. The van der Waals surface area contributed by atoms with Crippen LogP contribution in [0, 0.1) is 11.8 Å². The lowest BCUT2D eigenvalue weighted by Gasteiger charge is -2.34. The number of hydrogen-bond acceptors (Lipinski definition) is 3. The van der Waals surface area contributed by atoms with Crippen molar-refractivity contribution in [2.45, 2.75) is 52.3 Å².